The molecule has 12 heavy (non-hydrogen) atoms. The van der Waals surface area contributed by atoms with Gasteiger partial charge >= 0.3 is 0 Å². The Bertz CT molecular complexity index is 120. The number of nitrogens with one attached hydrogen (secondary N) is 1. The minimum Gasteiger partial charge on any atom is -0.311 e. The van der Waals surface area contributed by atoms with Crippen molar-refractivity contribution in [3.63, 3.8) is 0 Å². The molecule has 2 fully saturated rings. The zero-order valence-electron chi connectivity index (χ0n) is 8.69. The summed E-state index contributed by atoms with van der Waals surface area (Å²) in [5.41, 5.74) is 0.590. The first-order valence-electron chi connectivity index (χ1n) is 5.24. The zero-order valence-corrected chi connectivity index (χ0v) is 8.69. The Labute approximate surface area is 76.3 Å². The van der Waals surface area contributed by atoms with Crippen molar-refractivity contribution in [3.8, 4) is 0 Å². The molecule has 0 bridgehead atoms. The quantitative estimate of drug-likeness (QED) is 0.592. The van der Waals surface area contributed by atoms with E-state index in [1.807, 2.05) is 13.8 Å². The summed E-state index contributed by atoms with van der Waals surface area (Å²) in [6.07, 6.45) is 4.15. The number of piperidine rings is 1. The molecule has 2 aliphatic rings. The van der Waals surface area contributed by atoms with E-state index >= 15 is 0 Å². The maximum atomic E-state index is 3.55. The lowest BCUT2D eigenvalue weighted by Crippen LogP contribution is -2.61. The predicted molar refractivity (Wildman–Crippen MR) is 53.4 cm³/mol. The van der Waals surface area contributed by atoms with Gasteiger partial charge in [0.25, 0.3) is 0 Å². The highest BCUT2D eigenvalue weighted by Crippen LogP contribution is 2.30. The molecular formula is C10H22N2. The highest BCUT2D eigenvalue weighted by atomic mass is 15.1. The summed E-state index contributed by atoms with van der Waals surface area (Å²) < 4.78 is 0. The van der Waals surface area contributed by atoms with Crippen molar-refractivity contribution >= 4 is 0 Å². The van der Waals surface area contributed by atoms with E-state index in [9.17, 15) is 0 Å². The average molecular weight is 170 g/mol. The van der Waals surface area contributed by atoms with Gasteiger partial charge in [0.1, 0.15) is 0 Å². The lowest BCUT2D eigenvalue weighted by Gasteiger charge is -2.48. The third kappa shape index (κ3) is 1.99. The Morgan fingerprint density at radius 1 is 1.08 bits per heavy atom. The van der Waals surface area contributed by atoms with Crippen molar-refractivity contribution in [2.24, 2.45) is 0 Å². The zero-order chi connectivity index (χ0) is 9.03. The van der Waals surface area contributed by atoms with Gasteiger partial charge in [-0.2, -0.15) is 0 Å². The van der Waals surface area contributed by atoms with Crippen LogP contribution in [0.2, 0.25) is 0 Å². The smallest absolute Gasteiger partial charge is 0.0217 e. The Hall–Kier alpha value is -0.0800. The molecule has 0 aromatic heterocycles. The molecule has 1 spiro atoms. The van der Waals surface area contributed by atoms with Crippen molar-refractivity contribution in [1.82, 2.24) is 10.2 Å². The summed E-state index contributed by atoms with van der Waals surface area (Å²) in [5.74, 6) is 0. The van der Waals surface area contributed by atoms with Gasteiger partial charge < -0.3 is 10.2 Å². The van der Waals surface area contributed by atoms with Crippen molar-refractivity contribution in [2.75, 3.05) is 26.7 Å². The van der Waals surface area contributed by atoms with Gasteiger partial charge in [0, 0.05) is 5.54 Å². The van der Waals surface area contributed by atoms with E-state index in [1.54, 1.807) is 0 Å². The molecule has 0 aromatic rings. The van der Waals surface area contributed by atoms with Gasteiger partial charge in [-0.05, 0) is 45.9 Å². The molecule has 2 heterocycles. The van der Waals surface area contributed by atoms with Crippen LogP contribution in [-0.4, -0.2) is 37.1 Å². The van der Waals surface area contributed by atoms with Crippen molar-refractivity contribution in [2.45, 2.75) is 38.6 Å². The van der Waals surface area contributed by atoms with Crippen molar-refractivity contribution in [1.29, 1.82) is 0 Å². The van der Waals surface area contributed by atoms with Crippen LogP contribution in [0.15, 0.2) is 0 Å². The first-order chi connectivity index (χ1) is 5.81. The van der Waals surface area contributed by atoms with Gasteiger partial charge in [0.15, 0.2) is 0 Å². The maximum Gasteiger partial charge on any atom is 0.0217 e. The molecular weight excluding hydrogens is 148 g/mol. The number of hydrogen-bond donors (Lipinski definition) is 1. The fourth-order valence-corrected chi connectivity index (χ4v) is 1.95. The predicted octanol–water partition coefficient (Wildman–Crippen LogP) is 1.47. The van der Waals surface area contributed by atoms with Crippen molar-refractivity contribution in [3.05, 3.63) is 0 Å². The molecule has 0 saturated carbocycles. The summed E-state index contributed by atoms with van der Waals surface area (Å²) >= 11 is 0. The summed E-state index contributed by atoms with van der Waals surface area (Å²) in [7, 11) is 2.21. The van der Waals surface area contributed by atoms with Gasteiger partial charge in [0.05, 0.1) is 0 Å². The SMILES string of the molecule is CC.CN1CCC2(CCN2)CC1. The molecule has 0 unspecified atom stereocenters. The number of nitrogens with zero attached hydrogens (tertiary/aromatic N) is 1. The number of rotatable bonds is 0. The second-order valence-corrected chi connectivity index (χ2v) is 3.76. The van der Waals surface area contributed by atoms with Crippen LogP contribution in [0, 0.1) is 0 Å². The number of hydrogen-bond acceptors (Lipinski definition) is 2. The van der Waals surface area contributed by atoms with E-state index in [0.717, 1.165) is 0 Å². The molecule has 2 nitrogen and oxygen atoms in total. The third-order valence-corrected chi connectivity index (χ3v) is 3.05. The summed E-state index contributed by atoms with van der Waals surface area (Å²) in [5, 5.41) is 3.55. The topological polar surface area (TPSA) is 15.3 Å². The molecule has 2 saturated heterocycles. The highest BCUT2D eigenvalue weighted by Gasteiger charge is 2.38. The van der Waals surface area contributed by atoms with Crippen LogP contribution in [0.4, 0.5) is 0 Å². The summed E-state index contributed by atoms with van der Waals surface area (Å²) in [4.78, 5) is 2.42. The maximum absolute atomic E-state index is 3.55. The lowest BCUT2D eigenvalue weighted by molar-refractivity contribution is 0.0990. The summed E-state index contributed by atoms with van der Waals surface area (Å²) in [6, 6.07) is 0. The normalized spacial score (nSPS) is 27.2. The molecule has 0 amide bonds. The summed E-state index contributed by atoms with van der Waals surface area (Å²) in [6.45, 7) is 7.82. The molecule has 1 N–H and O–H groups in total. The van der Waals surface area contributed by atoms with Gasteiger partial charge in [0.2, 0.25) is 0 Å². The van der Waals surface area contributed by atoms with Crippen LogP contribution in [0.3, 0.4) is 0 Å². The first kappa shape index (κ1) is 10.0. The second-order valence-electron chi connectivity index (χ2n) is 3.76. The fraction of sp³-hybridized carbons (Fsp3) is 1.00. The van der Waals surface area contributed by atoms with Gasteiger partial charge in [-0.1, -0.05) is 13.8 Å². The van der Waals surface area contributed by atoms with Gasteiger partial charge in [-0.25, -0.2) is 0 Å². The second kappa shape index (κ2) is 4.24. The van der Waals surface area contributed by atoms with Crippen LogP contribution >= 0.6 is 0 Å². The number of likely N-dealkylation sites (tertiary alicyclic amines) is 1. The monoisotopic (exact) mass is 170 g/mol. The third-order valence-electron chi connectivity index (χ3n) is 3.05. The van der Waals surface area contributed by atoms with Gasteiger partial charge in [-0.15, -0.1) is 0 Å². The molecule has 72 valence electrons. The van der Waals surface area contributed by atoms with E-state index in [-0.39, 0.29) is 0 Å². The standard InChI is InChI=1S/C8H16N2.C2H6/c1-10-6-3-8(4-7-10)2-5-9-8;1-2/h9H,2-7H2,1H3;1-2H3. The Morgan fingerprint density at radius 2 is 1.58 bits per heavy atom. The molecule has 2 aliphatic heterocycles. The molecule has 0 aliphatic carbocycles. The van der Waals surface area contributed by atoms with Crippen molar-refractivity contribution < 1.29 is 0 Å². The lowest BCUT2D eigenvalue weighted by atomic mass is 9.79. The Kier molecular flexibility index (Phi) is 3.53. The molecule has 2 heteroatoms. The Morgan fingerprint density at radius 3 is 1.92 bits per heavy atom. The van der Waals surface area contributed by atoms with E-state index in [2.05, 4.69) is 17.3 Å². The molecule has 0 aromatic carbocycles. The van der Waals surface area contributed by atoms with Crippen LogP contribution in [0.25, 0.3) is 0 Å². The molecule has 0 atom stereocenters. The minimum atomic E-state index is 0.590. The van der Waals surface area contributed by atoms with Crippen LogP contribution in [-0.2, 0) is 0 Å². The molecule has 2 rings (SSSR count). The van der Waals surface area contributed by atoms with E-state index in [0.29, 0.717) is 5.54 Å². The largest absolute Gasteiger partial charge is 0.311 e. The minimum absolute atomic E-state index is 0.590. The van der Waals surface area contributed by atoms with Gasteiger partial charge in [-0.3, -0.25) is 0 Å². The van der Waals surface area contributed by atoms with E-state index in [1.165, 1.54) is 38.9 Å². The van der Waals surface area contributed by atoms with E-state index in [4.69, 9.17) is 0 Å². The highest BCUT2D eigenvalue weighted by molar-refractivity contribution is 4.99. The van der Waals surface area contributed by atoms with Crippen LogP contribution < -0.4 is 5.32 Å². The van der Waals surface area contributed by atoms with E-state index < -0.39 is 0 Å². The molecule has 0 radical (unpaired) electrons. The van der Waals surface area contributed by atoms with Crippen LogP contribution in [0.5, 0.6) is 0 Å². The Balaban J connectivity index is 0.000000336. The first-order valence-corrected chi connectivity index (χ1v) is 5.24. The fourth-order valence-electron chi connectivity index (χ4n) is 1.95. The average Bonchev–Trinajstić information content (AvgIpc) is 2.07. The van der Waals surface area contributed by atoms with Crippen LogP contribution in [0.1, 0.15) is 33.1 Å².